The summed E-state index contributed by atoms with van der Waals surface area (Å²) >= 11 is -1.88. The molecule has 2 fully saturated rings. The minimum absolute atomic E-state index is 0.0918. The highest BCUT2D eigenvalue weighted by molar-refractivity contribution is 7.79. The van der Waals surface area contributed by atoms with Crippen molar-refractivity contribution in [2.45, 2.75) is 58.2 Å². The van der Waals surface area contributed by atoms with E-state index < -0.39 is 16.7 Å². The lowest BCUT2D eigenvalue weighted by atomic mass is 9.61. The van der Waals surface area contributed by atoms with Crippen molar-refractivity contribution in [1.29, 1.82) is 0 Å². The number of nitrogens with zero attached hydrogens (tertiary/aromatic N) is 1. The molecular weight excluding hydrogens is 294 g/mol. The molecule has 21 heavy (non-hydrogen) atoms. The molecule has 1 heterocycles. The van der Waals surface area contributed by atoms with Gasteiger partial charge in [0, 0.05) is 13.1 Å². The van der Waals surface area contributed by atoms with E-state index in [0.717, 1.165) is 25.7 Å². The summed E-state index contributed by atoms with van der Waals surface area (Å²) in [4.78, 5) is 13.8. The highest BCUT2D eigenvalue weighted by Crippen LogP contribution is 2.50. The van der Waals surface area contributed by atoms with Gasteiger partial charge in [0.2, 0.25) is 0 Å². The minimum atomic E-state index is -1.88. The van der Waals surface area contributed by atoms with Gasteiger partial charge in [0.15, 0.2) is 11.1 Å². The fourth-order valence-corrected chi connectivity index (χ4v) is 3.39. The third-order valence-electron chi connectivity index (χ3n) is 4.20. The van der Waals surface area contributed by atoms with E-state index in [4.69, 9.17) is 14.0 Å². The van der Waals surface area contributed by atoms with Crippen molar-refractivity contribution in [3.8, 4) is 0 Å². The van der Waals surface area contributed by atoms with Crippen molar-refractivity contribution in [3.05, 3.63) is 0 Å². The van der Waals surface area contributed by atoms with Gasteiger partial charge in [-0.05, 0) is 51.9 Å². The number of hydrogen-bond acceptors (Lipinski definition) is 4. The van der Waals surface area contributed by atoms with Crippen LogP contribution in [0.2, 0.25) is 0 Å². The lowest BCUT2D eigenvalue weighted by Gasteiger charge is -2.51. The fraction of sp³-hybridized carbons (Fsp3) is 0.929. The van der Waals surface area contributed by atoms with Gasteiger partial charge in [-0.15, -0.1) is 0 Å². The van der Waals surface area contributed by atoms with Crippen LogP contribution in [0.1, 0.15) is 46.5 Å². The first-order valence-corrected chi connectivity index (χ1v) is 8.64. The molecule has 0 aromatic heterocycles. The van der Waals surface area contributed by atoms with Gasteiger partial charge in [-0.3, -0.25) is 0 Å². The highest BCUT2D eigenvalue weighted by Gasteiger charge is 2.47. The minimum Gasteiger partial charge on any atom is -0.444 e. The molecular formula is C14H25NO5S. The second-order valence-electron chi connectivity index (χ2n) is 7.10. The number of ether oxygens (including phenoxy) is 2. The molecule has 2 rings (SSSR count). The second-order valence-corrected chi connectivity index (χ2v) is 7.98. The van der Waals surface area contributed by atoms with Crippen LogP contribution in [0.4, 0.5) is 4.79 Å². The summed E-state index contributed by atoms with van der Waals surface area (Å²) in [5.41, 5.74) is -0.207. The SMILES string of the molecule is CC(C)(C)OC(=O)N1CCC2(CC1)CC(OCS(=O)O)C2. The number of likely N-dealkylation sites (tertiary alicyclic amines) is 1. The molecule has 7 heteroatoms. The van der Waals surface area contributed by atoms with Crippen LogP contribution in [0.25, 0.3) is 0 Å². The molecule has 1 aliphatic carbocycles. The van der Waals surface area contributed by atoms with E-state index in [2.05, 4.69) is 0 Å². The Morgan fingerprint density at radius 3 is 2.38 bits per heavy atom. The van der Waals surface area contributed by atoms with E-state index in [0.29, 0.717) is 13.1 Å². The molecule has 1 unspecified atom stereocenters. The first-order valence-electron chi connectivity index (χ1n) is 7.36. The van der Waals surface area contributed by atoms with Crippen molar-refractivity contribution < 1.29 is 23.0 Å². The molecule has 0 bridgehead atoms. The van der Waals surface area contributed by atoms with Crippen molar-refractivity contribution in [3.63, 3.8) is 0 Å². The third kappa shape index (κ3) is 4.66. The fourth-order valence-electron chi connectivity index (χ4n) is 3.08. The summed E-state index contributed by atoms with van der Waals surface area (Å²) in [7, 11) is 0. The van der Waals surface area contributed by atoms with Crippen LogP contribution >= 0.6 is 0 Å². The molecule has 122 valence electrons. The van der Waals surface area contributed by atoms with E-state index in [1.807, 2.05) is 20.8 Å². The summed E-state index contributed by atoms with van der Waals surface area (Å²) in [6, 6.07) is 0. The number of rotatable bonds is 3. The summed E-state index contributed by atoms with van der Waals surface area (Å²) < 4.78 is 30.0. The standard InChI is InChI=1S/C14H25NO5S/c1-13(2,3)20-12(16)15-6-4-14(5-7-15)8-11(9-14)19-10-21(17)18/h11H,4-10H2,1-3H3,(H,17,18). The van der Waals surface area contributed by atoms with Gasteiger partial charge in [0.05, 0.1) is 6.10 Å². The molecule has 1 spiro atoms. The molecule has 0 radical (unpaired) electrons. The molecule has 1 saturated heterocycles. The van der Waals surface area contributed by atoms with E-state index in [-0.39, 0.29) is 23.6 Å². The number of piperidine rings is 1. The lowest BCUT2D eigenvalue weighted by molar-refractivity contribution is -0.0931. The zero-order valence-corrected chi connectivity index (χ0v) is 13.8. The van der Waals surface area contributed by atoms with Gasteiger partial charge >= 0.3 is 6.09 Å². The molecule has 6 nitrogen and oxygen atoms in total. The monoisotopic (exact) mass is 319 g/mol. The normalized spacial score (nSPS) is 23.7. The van der Waals surface area contributed by atoms with Crippen molar-refractivity contribution in [2.75, 3.05) is 19.0 Å². The van der Waals surface area contributed by atoms with Gasteiger partial charge in [-0.25, -0.2) is 9.00 Å². The van der Waals surface area contributed by atoms with Crippen LogP contribution in [0, 0.1) is 5.41 Å². The zero-order valence-electron chi connectivity index (χ0n) is 13.0. The predicted octanol–water partition coefficient (Wildman–Crippen LogP) is 2.36. The molecule has 0 aromatic carbocycles. The molecule has 1 N–H and O–H groups in total. The predicted molar refractivity (Wildman–Crippen MR) is 79.2 cm³/mol. The Labute approximate surface area is 128 Å². The smallest absolute Gasteiger partial charge is 0.410 e. The average molecular weight is 319 g/mol. The van der Waals surface area contributed by atoms with Crippen LogP contribution in [0.5, 0.6) is 0 Å². The van der Waals surface area contributed by atoms with Gasteiger partial charge in [-0.2, -0.15) is 0 Å². The second kappa shape index (κ2) is 6.22. The third-order valence-corrected chi connectivity index (χ3v) is 4.54. The van der Waals surface area contributed by atoms with Gasteiger partial charge in [-0.1, -0.05) is 0 Å². The summed E-state index contributed by atoms with van der Waals surface area (Å²) in [6.07, 6.45) is 3.61. The first-order chi connectivity index (χ1) is 9.69. The Bertz CT molecular complexity index is 404. The molecule has 1 saturated carbocycles. The molecule has 2 aliphatic rings. The Hall–Kier alpha value is -0.660. The first kappa shape index (κ1) is 16.7. The Morgan fingerprint density at radius 1 is 1.33 bits per heavy atom. The maximum Gasteiger partial charge on any atom is 0.410 e. The van der Waals surface area contributed by atoms with E-state index in [9.17, 15) is 9.00 Å². The number of carbonyl (C=O) groups is 1. The van der Waals surface area contributed by atoms with Crippen molar-refractivity contribution in [1.82, 2.24) is 4.90 Å². The molecule has 1 aliphatic heterocycles. The van der Waals surface area contributed by atoms with E-state index >= 15 is 0 Å². The Morgan fingerprint density at radius 2 is 1.90 bits per heavy atom. The summed E-state index contributed by atoms with van der Waals surface area (Å²) in [5.74, 6) is -0.106. The molecule has 1 amide bonds. The van der Waals surface area contributed by atoms with Gasteiger partial charge < -0.3 is 18.9 Å². The zero-order chi connectivity index (χ0) is 15.7. The maximum atomic E-state index is 12.0. The number of hydrogen-bond donors (Lipinski definition) is 1. The van der Waals surface area contributed by atoms with Crippen LogP contribution < -0.4 is 0 Å². The van der Waals surface area contributed by atoms with Crippen LogP contribution in [-0.2, 0) is 20.6 Å². The van der Waals surface area contributed by atoms with Crippen molar-refractivity contribution >= 4 is 17.2 Å². The largest absolute Gasteiger partial charge is 0.444 e. The van der Waals surface area contributed by atoms with Gasteiger partial charge in [0.1, 0.15) is 11.5 Å². The molecule has 1 atom stereocenters. The quantitative estimate of drug-likeness (QED) is 0.808. The van der Waals surface area contributed by atoms with E-state index in [1.165, 1.54) is 0 Å². The summed E-state index contributed by atoms with van der Waals surface area (Å²) in [5, 5.41) is 0. The molecule has 0 aromatic rings. The van der Waals surface area contributed by atoms with Gasteiger partial charge in [0.25, 0.3) is 0 Å². The maximum absolute atomic E-state index is 12.0. The van der Waals surface area contributed by atoms with Crippen LogP contribution in [0.3, 0.4) is 0 Å². The van der Waals surface area contributed by atoms with Crippen molar-refractivity contribution in [2.24, 2.45) is 5.41 Å². The Balaban J connectivity index is 1.72. The number of amides is 1. The lowest BCUT2D eigenvalue weighted by Crippen LogP contribution is -2.51. The highest BCUT2D eigenvalue weighted by atomic mass is 32.2. The van der Waals surface area contributed by atoms with E-state index in [1.54, 1.807) is 4.90 Å². The van der Waals surface area contributed by atoms with Crippen LogP contribution in [-0.4, -0.2) is 50.5 Å². The topological polar surface area (TPSA) is 76.1 Å². The van der Waals surface area contributed by atoms with Crippen LogP contribution in [0.15, 0.2) is 0 Å². The Kier molecular flexibility index (Phi) is 4.95. The average Bonchev–Trinajstić information content (AvgIpc) is 2.32. The summed E-state index contributed by atoms with van der Waals surface area (Å²) in [6.45, 7) is 7.04. The number of carbonyl (C=O) groups excluding carboxylic acids is 1.